The third kappa shape index (κ3) is 2.49. The third-order valence-electron chi connectivity index (χ3n) is 3.31. The van der Waals surface area contributed by atoms with Crippen LogP contribution in [0.5, 0.6) is 0 Å². The number of benzene rings is 1. The van der Waals surface area contributed by atoms with Gasteiger partial charge in [0.25, 0.3) is 0 Å². The molecule has 1 heterocycles. The highest BCUT2D eigenvalue weighted by Gasteiger charge is 2.24. The molecule has 0 aliphatic carbocycles. The van der Waals surface area contributed by atoms with Crippen LogP contribution < -0.4 is 0 Å². The monoisotopic (exact) mass is 291 g/mol. The van der Waals surface area contributed by atoms with Crippen LogP contribution in [0.3, 0.4) is 0 Å². The number of nitrogens with zero attached hydrogens (tertiary/aromatic N) is 3. The maximum atomic E-state index is 11.3. The van der Waals surface area contributed by atoms with E-state index in [-0.39, 0.29) is 22.4 Å². The fourth-order valence-electron chi connectivity index (χ4n) is 2.15. The van der Waals surface area contributed by atoms with Crippen molar-refractivity contribution in [1.82, 2.24) is 9.97 Å². The molecule has 0 atom stereocenters. The lowest BCUT2D eigenvalue weighted by Crippen LogP contribution is -2.02. The van der Waals surface area contributed by atoms with Gasteiger partial charge in [0.15, 0.2) is 5.69 Å². The van der Waals surface area contributed by atoms with Crippen molar-refractivity contribution in [2.75, 3.05) is 0 Å². The summed E-state index contributed by atoms with van der Waals surface area (Å²) in [6.45, 7) is 7.42. The van der Waals surface area contributed by atoms with E-state index in [4.69, 9.17) is 11.6 Å². The maximum absolute atomic E-state index is 11.3. The normalized spacial score (nSPS) is 10.7. The Hall–Kier alpha value is -2.01. The minimum atomic E-state index is -0.463. The molecule has 104 valence electrons. The van der Waals surface area contributed by atoms with Crippen molar-refractivity contribution >= 4 is 17.3 Å². The van der Waals surface area contributed by atoms with Gasteiger partial charge in [-0.2, -0.15) is 0 Å². The second-order valence-corrected chi connectivity index (χ2v) is 5.12. The Labute approximate surface area is 121 Å². The standard InChI is InChI=1S/C14H14ClN3O2/c1-7-5-9(3)11(6-8(7)2)12-13(18(19)20)10(4)16-14(15)17-12/h5-6H,1-4H3. The van der Waals surface area contributed by atoms with E-state index in [1.165, 1.54) is 0 Å². The summed E-state index contributed by atoms with van der Waals surface area (Å²) < 4.78 is 0. The third-order valence-corrected chi connectivity index (χ3v) is 3.48. The van der Waals surface area contributed by atoms with Crippen molar-refractivity contribution in [3.8, 4) is 11.3 Å². The zero-order chi connectivity index (χ0) is 15.0. The van der Waals surface area contributed by atoms with E-state index in [9.17, 15) is 10.1 Å². The average molecular weight is 292 g/mol. The van der Waals surface area contributed by atoms with Crippen molar-refractivity contribution < 1.29 is 4.92 Å². The number of rotatable bonds is 2. The first kappa shape index (κ1) is 14.4. The van der Waals surface area contributed by atoms with Gasteiger partial charge in [0.05, 0.1) is 4.92 Å². The van der Waals surface area contributed by atoms with Gasteiger partial charge in [-0.05, 0) is 62.1 Å². The number of hydrogen-bond acceptors (Lipinski definition) is 4. The van der Waals surface area contributed by atoms with Crippen molar-refractivity contribution in [1.29, 1.82) is 0 Å². The van der Waals surface area contributed by atoms with Gasteiger partial charge in [0.2, 0.25) is 5.28 Å². The van der Waals surface area contributed by atoms with Gasteiger partial charge in [0.1, 0.15) is 5.69 Å². The zero-order valence-corrected chi connectivity index (χ0v) is 12.4. The summed E-state index contributed by atoms with van der Waals surface area (Å²) in [6.07, 6.45) is 0. The minimum Gasteiger partial charge on any atom is -0.258 e. The lowest BCUT2D eigenvalue weighted by Gasteiger charge is -2.10. The lowest BCUT2D eigenvalue weighted by atomic mass is 9.97. The summed E-state index contributed by atoms with van der Waals surface area (Å²) in [4.78, 5) is 18.7. The maximum Gasteiger partial charge on any atom is 0.316 e. The van der Waals surface area contributed by atoms with Gasteiger partial charge < -0.3 is 0 Å². The van der Waals surface area contributed by atoms with Crippen LogP contribution in [0.15, 0.2) is 12.1 Å². The largest absolute Gasteiger partial charge is 0.316 e. The molecule has 5 nitrogen and oxygen atoms in total. The van der Waals surface area contributed by atoms with Crippen molar-refractivity contribution in [3.63, 3.8) is 0 Å². The summed E-state index contributed by atoms with van der Waals surface area (Å²) in [5, 5.41) is 11.3. The van der Waals surface area contributed by atoms with Crippen LogP contribution in [0.25, 0.3) is 11.3 Å². The van der Waals surface area contributed by atoms with Gasteiger partial charge in [-0.1, -0.05) is 6.07 Å². The van der Waals surface area contributed by atoms with E-state index in [2.05, 4.69) is 9.97 Å². The van der Waals surface area contributed by atoms with Gasteiger partial charge in [-0.3, -0.25) is 10.1 Å². The molecule has 2 aromatic rings. The Kier molecular flexibility index (Phi) is 3.72. The van der Waals surface area contributed by atoms with Crippen LogP contribution in [-0.2, 0) is 0 Å². The molecule has 0 saturated heterocycles. The van der Waals surface area contributed by atoms with Crippen LogP contribution in [0, 0.1) is 37.8 Å². The molecule has 0 saturated carbocycles. The summed E-state index contributed by atoms with van der Waals surface area (Å²) in [7, 11) is 0. The molecule has 0 radical (unpaired) electrons. The molecule has 0 bridgehead atoms. The molecule has 1 aromatic heterocycles. The minimum absolute atomic E-state index is 0.0146. The van der Waals surface area contributed by atoms with E-state index in [1.807, 2.05) is 32.9 Å². The molecule has 0 amide bonds. The molecule has 0 spiro atoms. The number of aromatic nitrogens is 2. The van der Waals surface area contributed by atoms with E-state index >= 15 is 0 Å². The van der Waals surface area contributed by atoms with Crippen LogP contribution in [-0.4, -0.2) is 14.9 Å². The molecule has 0 aliphatic heterocycles. The molecule has 0 N–H and O–H groups in total. The second-order valence-electron chi connectivity index (χ2n) is 4.78. The smallest absolute Gasteiger partial charge is 0.258 e. The van der Waals surface area contributed by atoms with Crippen LogP contribution in [0.4, 0.5) is 5.69 Å². The van der Waals surface area contributed by atoms with Crippen LogP contribution in [0.1, 0.15) is 22.4 Å². The van der Waals surface area contributed by atoms with Gasteiger partial charge >= 0.3 is 5.69 Å². The highest BCUT2D eigenvalue weighted by atomic mass is 35.5. The number of hydrogen-bond donors (Lipinski definition) is 0. The molecular weight excluding hydrogens is 278 g/mol. The number of halogens is 1. The van der Waals surface area contributed by atoms with E-state index in [1.54, 1.807) is 6.92 Å². The van der Waals surface area contributed by atoms with Crippen molar-refractivity contribution in [3.05, 3.63) is 49.9 Å². The van der Waals surface area contributed by atoms with Crippen LogP contribution >= 0.6 is 11.6 Å². The molecular formula is C14H14ClN3O2. The fraction of sp³-hybridized carbons (Fsp3) is 0.286. The summed E-state index contributed by atoms with van der Waals surface area (Å²) in [5.41, 5.74) is 4.26. The number of nitro groups is 1. The fourth-order valence-corrected chi connectivity index (χ4v) is 2.37. The van der Waals surface area contributed by atoms with Gasteiger partial charge in [-0.15, -0.1) is 0 Å². The molecule has 1 aromatic carbocycles. The van der Waals surface area contributed by atoms with E-state index < -0.39 is 4.92 Å². The Morgan fingerprint density at radius 3 is 2.25 bits per heavy atom. The highest BCUT2D eigenvalue weighted by Crippen LogP contribution is 2.34. The molecule has 2 rings (SSSR count). The molecule has 20 heavy (non-hydrogen) atoms. The molecule has 0 fully saturated rings. The molecule has 0 unspecified atom stereocenters. The summed E-state index contributed by atoms with van der Waals surface area (Å²) >= 11 is 5.86. The Balaban J connectivity index is 2.82. The predicted molar refractivity (Wildman–Crippen MR) is 78.1 cm³/mol. The summed E-state index contributed by atoms with van der Waals surface area (Å²) in [5.74, 6) is 0. The number of aryl methyl sites for hydroxylation is 4. The predicted octanol–water partition coefficient (Wildman–Crippen LogP) is 3.94. The van der Waals surface area contributed by atoms with Crippen LogP contribution in [0.2, 0.25) is 5.28 Å². The highest BCUT2D eigenvalue weighted by molar-refractivity contribution is 6.28. The second kappa shape index (κ2) is 5.17. The lowest BCUT2D eigenvalue weighted by molar-refractivity contribution is -0.385. The van der Waals surface area contributed by atoms with E-state index in [0.717, 1.165) is 16.7 Å². The van der Waals surface area contributed by atoms with Gasteiger partial charge in [-0.25, -0.2) is 9.97 Å². The first-order valence-electron chi connectivity index (χ1n) is 6.08. The molecule has 0 aliphatic rings. The topological polar surface area (TPSA) is 68.9 Å². The Morgan fingerprint density at radius 2 is 1.65 bits per heavy atom. The average Bonchev–Trinajstić information content (AvgIpc) is 2.32. The van der Waals surface area contributed by atoms with Gasteiger partial charge in [0, 0.05) is 5.56 Å². The summed E-state index contributed by atoms with van der Waals surface area (Å²) in [6, 6.07) is 3.88. The Bertz CT molecular complexity index is 714. The van der Waals surface area contributed by atoms with Crippen molar-refractivity contribution in [2.24, 2.45) is 0 Å². The Morgan fingerprint density at radius 1 is 1.05 bits per heavy atom. The van der Waals surface area contributed by atoms with Crippen molar-refractivity contribution in [2.45, 2.75) is 27.7 Å². The van der Waals surface area contributed by atoms with E-state index in [0.29, 0.717) is 5.56 Å². The quantitative estimate of drug-likeness (QED) is 0.477. The first-order chi connectivity index (χ1) is 9.31. The molecule has 6 heteroatoms. The first-order valence-corrected chi connectivity index (χ1v) is 6.45. The zero-order valence-electron chi connectivity index (χ0n) is 11.7. The SMILES string of the molecule is Cc1cc(C)c(-c2nc(Cl)nc(C)c2[N+](=O)[O-])cc1C.